The van der Waals surface area contributed by atoms with E-state index in [2.05, 4.69) is 20.4 Å². The summed E-state index contributed by atoms with van der Waals surface area (Å²) in [6.07, 6.45) is 0. The van der Waals surface area contributed by atoms with Gasteiger partial charge in [-0.25, -0.2) is 19.1 Å². The molecule has 1 amide bonds. The summed E-state index contributed by atoms with van der Waals surface area (Å²) >= 11 is 1.18. The topological polar surface area (TPSA) is 125 Å². The third-order valence-electron chi connectivity index (χ3n) is 4.74. The number of esters is 2. The summed E-state index contributed by atoms with van der Waals surface area (Å²) in [4.78, 5) is 45.8. The summed E-state index contributed by atoms with van der Waals surface area (Å²) in [5.41, 5.74) is 3.19. The molecule has 0 saturated carbocycles. The minimum absolute atomic E-state index is 0.188. The second-order valence-electron chi connectivity index (χ2n) is 7.25. The number of carbonyl (C=O) groups excluding carboxylic acids is 3. The molecule has 0 fully saturated rings. The van der Waals surface area contributed by atoms with Gasteiger partial charge >= 0.3 is 11.9 Å². The minimum Gasteiger partial charge on any atom is -0.462 e. The second kappa shape index (κ2) is 9.79. The predicted molar refractivity (Wildman–Crippen MR) is 125 cm³/mol. The van der Waals surface area contributed by atoms with Crippen LogP contribution in [0.15, 0.2) is 41.8 Å². The zero-order valence-corrected chi connectivity index (χ0v) is 19.5. The van der Waals surface area contributed by atoms with Gasteiger partial charge in [-0.1, -0.05) is 30.3 Å². The number of aromatic nitrogens is 4. The number of hydrogen-bond acceptors (Lipinski definition) is 9. The number of nitrogens with one attached hydrogen (secondary N) is 1. The number of carbonyl (C=O) groups is 3. The smallest absolute Gasteiger partial charge is 0.378 e. The number of aryl methyl sites for hydroxylation is 2. The molecule has 0 aliphatic heterocycles. The Hall–Kier alpha value is -4.12. The van der Waals surface area contributed by atoms with Crippen LogP contribution in [0.25, 0.3) is 16.9 Å². The highest BCUT2D eigenvalue weighted by Crippen LogP contribution is 2.36. The molecule has 10 nitrogen and oxygen atoms in total. The Morgan fingerprint density at radius 3 is 2.56 bits per heavy atom. The maximum absolute atomic E-state index is 12.6. The number of thiophene rings is 1. The average molecular weight is 480 g/mol. The predicted octanol–water partition coefficient (Wildman–Crippen LogP) is 3.44. The molecule has 0 aliphatic carbocycles. The Kier molecular flexibility index (Phi) is 6.64. The molecule has 3 aromatic heterocycles. The largest absolute Gasteiger partial charge is 0.462 e. The van der Waals surface area contributed by atoms with E-state index in [9.17, 15) is 14.4 Å². The number of amides is 1. The zero-order chi connectivity index (χ0) is 24.2. The quantitative estimate of drug-likeness (QED) is 0.400. The van der Waals surface area contributed by atoms with E-state index in [1.165, 1.54) is 15.9 Å². The highest BCUT2D eigenvalue weighted by atomic mass is 32.1. The molecule has 3 heterocycles. The first-order valence-corrected chi connectivity index (χ1v) is 11.3. The van der Waals surface area contributed by atoms with Crippen LogP contribution in [0.4, 0.5) is 5.00 Å². The van der Waals surface area contributed by atoms with Crippen LogP contribution in [0.3, 0.4) is 0 Å². The van der Waals surface area contributed by atoms with Crippen molar-refractivity contribution >= 4 is 40.0 Å². The van der Waals surface area contributed by atoms with Gasteiger partial charge < -0.3 is 14.8 Å². The molecule has 34 heavy (non-hydrogen) atoms. The number of ether oxygens (including phenoxy) is 2. The van der Waals surface area contributed by atoms with E-state index in [4.69, 9.17) is 9.47 Å². The van der Waals surface area contributed by atoms with Gasteiger partial charge in [0.05, 0.1) is 6.61 Å². The van der Waals surface area contributed by atoms with Crippen molar-refractivity contribution in [1.29, 1.82) is 0 Å². The van der Waals surface area contributed by atoms with E-state index in [-0.39, 0.29) is 23.8 Å². The van der Waals surface area contributed by atoms with Gasteiger partial charge in [-0.05, 0) is 32.4 Å². The van der Waals surface area contributed by atoms with Crippen molar-refractivity contribution in [2.24, 2.45) is 0 Å². The van der Waals surface area contributed by atoms with Gasteiger partial charge in [0.25, 0.3) is 17.5 Å². The SMILES string of the molecule is CCOC(=O)c1c(-c2ccccc2)csc1NC(=O)COC(=O)c1nc2nc(C)cc(C)n2n1. The van der Waals surface area contributed by atoms with Crippen molar-refractivity contribution in [2.75, 3.05) is 18.5 Å². The second-order valence-corrected chi connectivity index (χ2v) is 8.13. The van der Waals surface area contributed by atoms with Crippen molar-refractivity contribution in [2.45, 2.75) is 20.8 Å². The van der Waals surface area contributed by atoms with Crippen molar-refractivity contribution in [3.05, 3.63) is 64.6 Å². The Bertz CT molecular complexity index is 1380. The molecule has 4 aromatic rings. The zero-order valence-electron chi connectivity index (χ0n) is 18.7. The number of benzene rings is 1. The number of nitrogens with zero attached hydrogens (tertiary/aromatic N) is 4. The van der Waals surface area contributed by atoms with Crippen LogP contribution >= 0.6 is 11.3 Å². The van der Waals surface area contributed by atoms with Crippen LogP contribution in [-0.4, -0.2) is 50.6 Å². The van der Waals surface area contributed by atoms with Crippen molar-refractivity contribution in [3.8, 4) is 11.1 Å². The normalized spacial score (nSPS) is 10.8. The van der Waals surface area contributed by atoms with Gasteiger partial charge in [-0.2, -0.15) is 4.98 Å². The van der Waals surface area contributed by atoms with Crippen molar-refractivity contribution in [3.63, 3.8) is 0 Å². The molecule has 1 aromatic carbocycles. The summed E-state index contributed by atoms with van der Waals surface area (Å²) < 4.78 is 11.7. The summed E-state index contributed by atoms with van der Waals surface area (Å²) in [7, 11) is 0. The van der Waals surface area contributed by atoms with E-state index in [0.29, 0.717) is 10.6 Å². The van der Waals surface area contributed by atoms with E-state index >= 15 is 0 Å². The summed E-state index contributed by atoms with van der Waals surface area (Å²) in [5, 5.41) is 8.79. The number of rotatable bonds is 7. The highest BCUT2D eigenvalue weighted by Gasteiger charge is 2.24. The Morgan fingerprint density at radius 2 is 1.82 bits per heavy atom. The van der Waals surface area contributed by atoms with E-state index in [1.807, 2.05) is 44.2 Å². The number of anilines is 1. The molecule has 0 radical (unpaired) electrons. The average Bonchev–Trinajstić information content (AvgIpc) is 3.43. The molecular weight excluding hydrogens is 458 g/mol. The lowest BCUT2D eigenvalue weighted by molar-refractivity contribution is -0.119. The number of hydrogen-bond donors (Lipinski definition) is 1. The molecule has 174 valence electrons. The van der Waals surface area contributed by atoms with E-state index in [1.54, 1.807) is 18.4 Å². The van der Waals surface area contributed by atoms with Gasteiger partial charge in [0.15, 0.2) is 6.61 Å². The first-order chi connectivity index (χ1) is 16.4. The fraction of sp³-hybridized carbons (Fsp3) is 0.217. The molecule has 0 unspecified atom stereocenters. The van der Waals surface area contributed by atoms with Gasteiger partial charge in [0, 0.05) is 22.3 Å². The summed E-state index contributed by atoms with van der Waals surface area (Å²) in [6, 6.07) is 11.1. The van der Waals surface area contributed by atoms with Crippen LogP contribution < -0.4 is 5.32 Å². The van der Waals surface area contributed by atoms with Crippen LogP contribution in [0.1, 0.15) is 39.3 Å². The third-order valence-corrected chi connectivity index (χ3v) is 5.64. The highest BCUT2D eigenvalue weighted by molar-refractivity contribution is 7.15. The van der Waals surface area contributed by atoms with E-state index in [0.717, 1.165) is 17.0 Å². The lowest BCUT2D eigenvalue weighted by Gasteiger charge is -2.09. The Labute approximate surface area is 198 Å². The van der Waals surface area contributed by atoms with Gasteiger partial charge in [-0.15, -0.1) is 16.4 Å². The van der Waals surface area contributed by atoms with Crippen LogP contribution in [0.2, 0.25) is 0 Å². The Morgan fingerprint density at radius 1 is 1.06 bits per heavy atom. The monoisotopic (exact) mass is 479 g/mol. The van der Waals surface area contributed by atoms with Crippen LogP contribution in [0.5, 0.6) is 0 Å². The van der Waals surface area contributed by atoms with Crippen LogP contribution in [-0.2, 0) is 14.3 Å². The van der Waals surface area contributed by atoms with Crippen molar-refractivity contribution < 1.29 is 23.9 Å². The standard InChI is InChI=1S/C23H21N5O5S/c1-4-32-21(30)18-16(15-8-6-5-7-9-15)12-34-20(18)25-17(29)11-33-22(31)19-26-23-24-13(2)10-14(3)28(23)27-19/h5-10,12H,4,11H2,1-3H3,(H,25,29). The molecule has 0 atom stereocenters. The first-order valence-electron chi connectivity index (χ1n) is 10.4. The fourth-order valence-corrected chi connectivity index (χ4v) is 4.27. The molecule has 0 aliphatic rings. The Balaban J connectivity index is 1.48. The van der Waals surface area contributed by atoms with Gasteiger partial charge in [-0.3, -0.25) is 4.79 Å². The fourth-order valence-electron chi connectivity index (χ4n) is 3.30. The molecule has 0 spiro atoms. The molecular formula is C23H21N5O5S. The van der Waals surface area contributed by atoms with Gasteiger partial charge in [0.1, 0.15) is 10.6 Å². The molecule has 4 rings (SSSR count). The number of fused-ring (bicyclic) bond motifs is 1. The summed E-state index contributed by atoms with van der Waals surface area (Å²) in [6.45, 7) is 4.93. The lowest BCUT2D eigenvalue weighted by Crippen LogP contribution is -2.22. The maximum Gasteiger partial charge on any atom is 0.378 e. The minimum atomic E-state index is -0.862. The van der Waals surface area contributed by atoms with Gasteiger partial charge in [0.2, 0.25) is 0 Å². The first kappa shape index (κ1) is 23.1. The molecule has 0 bridgehead atoms. The summed E-state index contributed by atoms with van der Waals surface area (Å²) in [5.74, 6) is -1.97. The lowest BCUT2D eigenvalue weighted by atomic mass is 10.0. The third kappa shape index (κ3) is 4.79. The molecule has 1 N–H and O–H groups in total. The molecule has 11 heteroatoms. The molecule has 0 saturated heterocycles. The maximum atomic E-state index is 12.6. The van der Waals surface area contributed by atoms with E-state index < -0.39 is 24.5 Å². The van der Waals surface area contributed by atoms with Crippen molar-refractivity contribution in [1.82, 2.24) is 19.6 Å². The van der Waals surface area contributed by atoms with Crippen LogP contribution in [0, 0.1) is 13.8 Å².